The zero-order valence-corrected chi connectivity index (χ0v) is 10.8. The molecule has 0 atom stereocenters. The molecule has 0 fully saturated rings. The molecule has 0 nitrogen and oxygen atoms in total. The van der Waals surface area contributed by atoms with Crippen LogP contribution < -0.4 is 0 Å². The van der Waals surface area contributed by atoms with Crippen LogP contribution in [0.3, 0.4) is 0 Å². The molecule has 0 aliphatic heterocycles. The van der Waals surface area contributed by atoms with Crippen molar-refractivity contribution in [1.82, 2.24) is 0 Å². The van der Waals surface area contributed by atoms with E-state index in [9.17, 15) is 0 Å². The van der Waals surface area contributed by atoms with Crippen molar-refractivity contribution in [2.75, 3.05) is 0 Å². The van der Waals surface area contributed by atoms with Crippen LogP contribution in [0.4, 0.5) is 0 Å². The Bertz CT molecular complexity index is 417. The maximum absolute atomic E-state index is 2.22. The summed E-state index contributed by atoms with van der Waals surface area (Å²) in [7, 11) is 0. The van der Waals surface area contributed by atoms with E-state index in [1.54, 1.807) is 0 Å². The summed E-state index contributed by atoms with van der Waals surface area (Å²) in [5, 5.41) is 0. The zero-order chi connectivity index (χ0) is 12.3. The summed E-state index contributed by atoms with van der Waals surface area (Å²) in [6.07, 6.45) is 1.06. The molecule has 0 amide bonds. The van der Waals surface area contributed by atoms with E-state index in [2.05, 4.69) is 69.3 Å². The van der Waals surface area contributed by atoms with Gasteiger partial charge in [0.1, 0.15) is 0 Å². The molecule has 2 aromatic rings. The van der Waals surface area contributed by atoms with Gasteiger partial charge in [-0.1, -0.05) is 6.92 Å². The molecule has 86 valence electrons. The standard InChI is InChI=1S/C17H19/c1-4-17(15-9-5-13(2)6-10-15)16-11-7-14(3)8-12-16/h5-12H,4H2,1-3H3/q+1. The molecular weight excluding hydrogens is 204 g/mol. The van der Waals surface area contributed by atoms with Gasteiger partial charge in [0.15, 0.2) is 0 Å². The minimum Gasteiger partial charge on any atom is -0.0542 e. The van der Waals surface area contributed by atoms with Crippen LogP contribution in [0.2, 0.25) is 0 Å². The van der Waals surface area contributed by atoms with Crippen molar-refractivity contribution in [3.05, 3.63) is 76.7 Å². The van der Waals surface area contributed by atoms with Gasteiger partial charge in [-0.05, 0) is 55.7 Å². The van der Waals surface area contributed by atoms with E-state index in [1.165, 1.54) is 28.2 Å². The van der Waals surface area contributed by atoms with Crippen molar-refractivity contribution >= 4 is 0 Å². The fourth-order valence-corrected chi connectivity index (χ4v) is 2.08. The highest BCUT2D eigenvalue weighted by atomic mass is 14.1. The van der Waals surface area contributed by atoms with Crippen LogP contribution in [-0.2, 0) is 0 Å². The maximum atomic E-state index is 2.22. The van der Waals surface area contributed by atoms with Gasteiger partial charge >= 0.3 is 0 Å². The number of benzene rings is 2. The highest BCUT2D eigenvalue weighted by molar-refractivity contribution is 5.46. The first-order valence-electron chi connectivity index (χ1n) is 6.20. The molecule has 2 aromatic carbocycles. The second kappa shape index (κ2) is 5.09. The largest absolute Gasteiger partial charge is 0.0756 e. The van der Waals surface area contributed by atoms with Crippen molar-refractivity contribution in [2.24, 2.45) is 0 Å². The van der Waals surface area contributed by atoms with E-state index in [1.807, 2.05) is 0 Å². The molecule has 0 aliphatic carbocycles. The Labute approximate surface area is 104 Å². The number of aryl methyl sites for hydroxylation is 2. The van der Waals surface area contributed by atoms with Crippen LogP contribution in [0, 0.1) is 19.8 Å². The van der Waals surface area contributed by atoms with Crippen molar-refractivity contribution in [3.8, 4) is 0 Å². The molecule has 2 rings (SSSR count). The molecule has 0 saturated heterocycles. The van der Waals surface area contributed by atoms with Crippen LogP contribution in [0.25, 0.3) is 0 Å². The minimum atomic E-state index is 1.06. The first-order valence-corrected chi connectivity index (χ1v) is 6.20. The summed E-state index contributed by atoms with van der Waals surface area (Å²) < 4.78 is 0. The molecule has 0 radical (unpaired) electrons. The summed E-state index contributed by atoms with van der Waals surface area (Å²) in [6, 6.07) is 17.6. The highest BCUT2D eigenvalue weighted by Gasteiger charge is 2.17. The van der Waals surface area contributed by atoms with Crippen LogP contribution >= 0.6 is 0 Å². The van der Waals surface area contributed by atoms with Gasteiger partial charge in [0, 0.05) is 30.2 Å². The maximum Gasteiger partial charge on any atom is 0.0756 e. The van der Waals surface area contributed by atoms with Gasteiger partial charge in [0.25, 0.3) is 0 Å². The van der Waals surface area contributed by atoms with Gasteiger partial charge in [-0.2, -0.15) is 0 Å². The number of rotatable bonds is 3. The third-order valence-electron chi connectivity index (χ3n) is 3.15. The Morgan fingerprint density at radius 1 is 0.706 bits per heavy atom. The van der Waals surface area contributed by atoms with Gasteiger partial charge in [0.05, 0.1) is 11.1 Å². The van der Waals surface area contributed by atoms with E-state index >= 15 is 0 Å². The molecular formula is C17H19+. The first-order chi connectivity index (χ1) is 8.20. The third kappa shape index (κ3) is 2.71. The Balaban J connectivity index is 2.33. The highest BCUT2D eigenvalue weighted by Crippen LogP contribution is 2.27. The summed E-state index contributed by atoms with van der Waals surface area (Å²) in [5.41, 5.74) is 5.30. The molecule has 17 heavy (non-hydrogen) atoms. The SMILES string of the molecule is CC[C+](c1ccc(C)cc1)c1ccc(C)cc1. The predicted octanol–water partition coefficient (Wildman–Crippen LogP) is 4.68. The van der Waals surface area contributed by atoms with E-state index in [0.717, 1.165) is 6.42 Å². The third-order valence-corrected chi connectivity index (χ3v) is 3.15. The fraction of sp³-hybridized carbons (Fsp3) is 0.235. The van der Waals surface area contributed by atoms with Crippen molar-refractivity contribution in [3.63, 3.8) is 0 Å². The summed E-state index contributed by atoms with van der Waals surface area (Å²) in [6.45, 7) is 6.47. The topological polar surface area (TPSA) is 0 Å². The summed E-state index contributed by atoms with van der Waals surface area (Å²) in [4.78, 5) is 0. The number of hydrogen-bond donors (Lipinski definition) is 0. The van der Waals surface area contributed by atoms with Crippen molar-refractivity contribution < 1.29 is 0 Å². The van der Waals surface area contributed by atoms with E-state index < -0.39 is 0 Å². The van der Waals surface area contributed by atoms with Crippen molar-refractivity contribution in [2.45, 2.75) is 27.2 Å². The van der Waals surface area contributed by atoms with Gasteiger partial charge < -0.3 is 0 Å². The Hall–Kier alpha value is -1.69. The van der Waals surface area contributed by atoms with E-state index in [4.69, 9.17) is 0 Å². The smallest absolute Gasteiger partial charge is 0.0542 e. The molecule has 0 saturated carbocycles. The molecule has 0 bridgehead atoms. The lowest BCUT2D eigenvalue weighted by atomic mass is 9.88. The lowest BCUT2D eigenvalue weighted by Gasteiger charge is -2.10. The predicted molar refractivity (Wildman–Crippen MR) is 74.1 cm³/mol. The van der Waals surface area contributed by atoms with Crippen molar-refractivity contribution in [1.29, 1.82) is 0 Å². The van der Waals surface area contributed by atoms with Crippen LogP contribution in [-0.4, -0.2) is 0 Å². The zero-order valence-electron chi connectivity index (χ0n) is 10.8. The fourth-order valence-electron chi connectivity index (χ4n) is 2.08. The normalized spacial score (nSPS) is 10.3. The molecule has 0 unspecified atom stereocenters. The molecule has 0 aromatic heterocycles. The summed E-state index contributed by atoms with van der Waals surface area (Å²) >= 11 is 0. The van der Waals surface area contributed by atoms with Crippen LogP contribution in [0.1, 0.15) is 35.6 Å². The Kier molecular flexibility index (Phi) is 3.53. The first kappa shape index (κ1) is 11.8. The average Bonchev–Trinajstić information content (AvgIpc) is 2.35. The average molecular weight is 223 g/mol. The Morgan fingerprint density at radius 3 is 1.35 bits per heavy atom. The minimum absolute atomic E-state index is 1.06. The quantitative estimate of drug-likeness (QED) is 0.662. The van der Waals surface area contributed by atoms with Crippen LogP contribution in [0.5, 0.6) is 0 Å². The van der Waals surface area contributed by atoms with Crippen LogP contribution in [0.15, 0.2) is 48.5 Å². The summed E-state index contributed by atoms with van der Waals surface area (Å²) in [5.74, 6) is 1.42. The van der Waals surface area contributed by atoms with E-state index in [-0.39, 0.29) is 0 Å². The second-order valence-electron chi connectivity index (χ2n) is 4.56. The molecule has 0 N–H and O–H groups in total. The Morgan fingerprint density at radius 2 is 1.06 bits per heavy atom. The lowest BCUT2D eigenvalue weighted by molar-refractivity contribution is 0.988. The molecule has 0 heteroatoms. The van der Waals surface area contributed by atoms with E-state index in [0.29, 0.717) is 0 Å². The number of hydrogen-bond acceptors (Lipinski definition) is 0. The lowest BCUT2D eigenvalue weighted by Crippen LogP contribution is -2.00. The van der Waals surface area contributed by atoms with Gasteiger partial charge in [-0.25, -0.2) is 0 Å². The van der Waals surface area contributed by atoms with Gasteiger partial charge in [0.2, 0.25) is 0 Å². The molecule has 0 heterocycles. The molecule has 0 spiro atoms. The monoisotopic (exact) mass is 223 g/mol. The van der Waals surface area contributed by atoms with Gasteiger partial charge in [-0.3, -0.25) is 0 Å². The molecule has 0 aliphatic rings. The second-order valence-corrected chi connectivity index (χ2v) is 4.56. The van der Waals surface area contributed by atoms with Gasteiger partial charge in [-0.15, -0.1) is 0 Å².